The van der Waals surface area contributed by atoms with Crippen molar-refractivity contribution >= 4 is 11.9 Å². The van der Waals surface area contributed by atoms with E-state index < -0.39 is 0 Å². The first-order valence-corrected chi connectivity index (χ1v) is 6.24. The Balaban J connectivity index is 2.44. The lowest BCUT2D eigenvalue weighted by Gasteiger charge is -2.08. The molecule has 1 atom stereocenters. The second-order valence-corrected chi connectivity index (χ2v) is 4.61. The molecule has 0 aromatic carbocycles. The van der Waals surface area contributed by atoms with Gasteiger partial charge in [0.05, 0.1) is 12.2 Å². The van der Waals surface area contributed by atoms with Crippen LogP contribution in [0.15, 0.2) is 0 Å². The van der Waals surface area contributed by atoms with E-state index in [0.717, 1.165) is 12.0 Å². The average Bonchev–Trinajstić information content (AvgIpc) is 2.57. The van der Waals surface area contributed by atoms with Gasteiger partial charge in [0.1, 0.15) is 5.69 Å². The van der Waals surface area contributed by atoms with Crippen molar-refractivity contribution in [1.82, 2.24) is 10.3 Å². The summed E-state index contributed by atoms with van der Waals surface area (Å²) in [5, 5.41) is 2.89. The van der Waals surface area contributed by atoms with Crippen LogP contribution < -0.4 is 5.32 Å². The third-order valence-electron chi connectivity index (χ3n) is 3.20. The molecule has 1 aromatic rings. The third-order valence-corrected chi connectivity index (χ3v) is 3.20. The monoisotopic (exact) mass is 250 g/mol. The quantitative estimate of drug-likeness (QED) is 0.782. The SMILES string of the molecule is CCOC(=O)c1c(C)[nH]c2c1CCC(C)NC2=O. The van der Waals surface area contributed by atoms with Gasteiger partial charge in [-0.3, -0.25) is 4.79 Å². The van der Waals surface area contributed by atoms with Crippen molar-refractivity contribution in [2.75, 3.05) is 6.61 Å². The smallest absolute Gasteiger partial charge is 0.340 e. The van der Waals surface area contributed by atoms with E-state index in [9.17, 15) is 9.59 Å². The summed E-state index contributed by atoms with van der Waals surface area (Å²) in [5.41, 5.74) is 2.51. The number of hydrogen-bond donors (Lipinski definition) is 2. The number of aryl methyl sites for hydroxylation is 1. The summed E-state index contributed by atoms with van der Waals surface area (Å²) >= 11 is 0. The first-order valence-electron chi connectivity index (χ1n) is 6.24. The van der Waals surface area contributed by atoms with Crippen LogP contribution in [0.25, 0.3) is 0 Å². The Bertz CT molecular complexity index is 491. The number of hydrogen-bond acceptors (Lipinski definition) is 3. The van der Waals surface area contributed by atoms with Gasteiger partial charge in [-0.2, -0.15) is 0 Å². The van der Waals surface area contributed by atoms with E-state index in [1.54, 1.807) is 13.8 Å². The highest BCUT2D eigenvalue weighted by molar-refractivity contribution is 6.01. The van der Waals surface area contributed by atoms with Gasteiger partial charge in [0.2, 0.25) is 0 Å². The lowest BCUT2D eigenvalue weighted by atomic mass is 10.0. The average molecular weight is 250 g/mol. The Kier molecular flexibility index (Phi) is 3.41. The van der Waals surface area contributed by atoms with Gasteiger partial charge in [-0.15, -0.1) is 0 Å². The number of amides is 1. The van der Waals surface area contributed by atoms with E-state index in [2.05, 4.69) is 10.3 Å². The lowest BCUT2D eigenvalue weighted by Crippen LogP contribution is -2.31. The number of nitrogens with one attached hydrogen (secondary N) is 2. The van der Waals surface area contributed by atoms with Crippen LogP contribution in [0.2, 0.25) is 0 Å². The normalized spacial score (nSPS) is 18.8. The molecule has 98 valence electrons. The van der Waals surface area contributed by atoms with Crippen molar-refractivity contribution in [1.29, 1.82) is 0 Å². The van der Waals surface area contributed by atoms with Crippen LogP contribution in [0, 0.1) is 6.92 Å². The Morgan fingerprint density at radius 2 is 2.22 bits per heavy atom. The van der Waals surface area contributed by atoms with E-state index >= 15 is 0 Å². The summed E-state index contributed by atoms with van der Waals surface area (Å²) in [6.45, 7) is 5.85. The Morgan fingerprint density at radius 3 is 2.89 bits per heavy atom. The molecule has 1 unspecified atom stereocenters. The number of ether oxygens (including phenoxy) is 1. The molecule has 5 nitrogen and oxygen atoms in total. The maximum Gasteiger partial charge on any atom is 0.340 e. The molecule has 18 heavy (non-hydrogen) atoms. The number of aromatic nitrogens is 1. The molecule has 2 rings (SSSR count). The number of carbonyl (C=O) groups is 2. The summed E-state index contributed by atoms with van der Waals surface area (Å²) in [7, 11) is 0. The fourth-order valence-electron chi connectivity index (χ4n) is 2.33. The Labute approximate surface area is 106 Å². The summed E-state index contributed by atoms with van der Waals surface area (Å²) in [4.78, 5) is 26.9. The van der Waals surface area contributed by atoms with Crippen molar-refractivity contribution in [2.24, 2.45) is 0 Å². The minimum absolute atomic E-state index is 0.119. The molecule has 0 fully saturated rings. The van der Waals surface area contributed by atoms with E-state index in [4.69, 9.17) is 4.74 Å². The topological polar surface area (TPSA) is 71.2 Å². The zero-order valence-corrected chi connectivity index (χ0v) is 10.9. The predicted molar refractivity (Wildman–Crippen MR) is 66.7 cm³/mol. The standard InChI is InChI=1S/C13H18N2O3/c1-4-18-13(17)10-8(3)15-11-9(10)6-5-7(2)14-12(11)16/h7,15H,4-6H2,1-3H3,(H,14,16). The number of H-pyrrole nitrogens is 1. The molecule has 0 aliphatic carbocycles. The fraction of sp³-hybridized carbons (Fsp3) is 0.538. The van der Waals surface area contributed by atoms with E-state index in [-0.39, 0.29) is 17.9 Å². The molecule has 0 saturated heterocycles. The number of esters is 1. The summed E-state index contributed by atoms with van der Waals surface area (Å²) in [5.74, 6) is -0.497. The lowest BCUT2D eigenvalue weighted by molar-refractivity contribution is 0.0524. The zero-order chi connectivity index (χ0) is 13.3. The van der Waals surface area contributed by atoms with Crippen molar-refractivity contribution in [2.45, 2.75) is 39.7 Å². The highest BCUT2D eigenvalue weighted by Gasteiger charge is 2.28. The zero-order valence-electron chi connectivity index (χ0n) is 10.9. The van der Waals surface area contributed by atoms with Gasteiger partial charge in [-0.25, -0.2) is 4.79 Å². The summed E-state index contributed by atoms with van der Waals surface area (Å²) < 4.78 is 5.05. The van der Waals surface area contributed by atoms with Crippen LogP contribution in [0.5, 0.6) is 0 Å². The predicted octanol–water partition coefficient (Wildman–Crippen LogP) is 1.56. The highest BCUT2D eigenvalue weighted by Crippen LogP contribution is 2.24. The van der Waals surface area contributed by atoms with Crippen LogP contribution in [0.3, 0.4) is 0 Å². The second-order valence-electron chi connectivity index (χ2n) is 4.61. The van der Waals surface area contributed by atoms with Gasteiger partial charge in [0, 0.05) is 11.7 Å². The molecule has 1 aliphatic heterocycles. The van der Waals surface area contributed by atoms with Crippen LogP contribution >= 0.6 is 0 Å². The van der Waals surface area contributed by atoms with Gasteiger partial charge in [-0.05, 0) is 39.2 Å². The van der Waals surface area contributed by atoms with Gasteiger partial charge in [-0.1, -0.05) is 0 Å². The van der Waals surface area contributed by atoms with Gasteiger partial charge in [0.25, 0.3) is 5.91 Å². The Morgan fingerprint density at radius 1 is 1.50 bits per heavy atom. The molecular weight excluding hydrogens is 232 g/mol. The molecule has 5 heteroatoms. The fourth-order valence-corrected chi connectivity index (χ4v) is 2.33. The van der Waals surface area contributed by atoms with E-state index in [0.29, 0.717) is 30.0 Å². The number of fused-ring (bicyclic) bond motifs is 1. The van der Waals surface area contributed by atoms with Crippen molar-refractivity contribution < 1.29 is 14.3 Å². The molecule has 2 N–H and O–H groups in total. The Hall–Kier alpha value is -1.78. The molecule has 1 amide bonds. The molecule has 2 heterocycles. The summed E-state index contributed by atoms with van der Waals surface area (Å²) in [6.07, 6.45) is 1.52. The maximum absolute atomic E-state index is 12.0. The number of carbonyl (C=O) groups excluding carboxylic acids is 2. The van der Waals surface area contributed by atoms with Crippen molar-refractivity contribution in [3.63, 3.8) is 0 Å². The molecule has 1 aliphatic rings. The van der Waals surface area contributed by atoms with Gasteiger partial charge >= 0.3 is 5.97 Å². The number of rotatable bonds is 2. The first-order chi connectivity index (χ1) is 8.54. The molecule has 0 spiro atoms. The minimum Gasteiger partial charge on any atom is -0.462 e. The maximum atomic E-state index is 12.0. The summed E-state index contributed by atoms with van der Waals surface area (Å²) in [6, 6.07) is 0.119. The molecule has 0 bridgehead atoms. The first kappa shape index (κ1) is 12.7. The largest absolute Gasteiger partial charge is 0.462 e. The molecule has 0 saturated carbocycles. The van der Waals surface area contributed by atoms with Crippen LogP contribution in [-0.4, -0.2) is 29.5 Å². The van der Waals surface area contributed by atoms with Crippen LogP contribution in [0.4, 0.5) is 0 Å². The van der Waals surface area contributed by atoms with Crippen LogP contribution in [-0.2, 0) is 11.2 Å². The highest BCUT2D eigenvalue weighted by atomic mass is 16.5. The molecule has 0 radical (unpaired) electrons. The molecular formula is C13H18N2O3. The second kappa shape index (κ2) is 4.84. The van der Waals surface area contributed by atoms with E-state index in [1.807, 2.05) is 6.92 Å². The van der Waals surface area contributed by atoms with Crippen LogP contribution in [0.1, 0.15) is 52.4 Å². The van der Waals surface area contributed by atoms with E-state index in [1.165, 1.54) is 0 Å². The molecule has 1 aromatic heterocycles. The number of aromatic amines is 1. The van der Waals surface area contributed by atoms with Crippen molar-refractivity contribution in [3.8, 4) is 0 Å². The minimum atomic E-state index is -0.352. The van der Waals surface area contributed by atoms with Gasteiger partial charge in [0.15, 0.2) is 0 Å². The van der Waals surface area contributed by atoms with Gasteiger partial charge < -0.3 is 15.0 Å². The van der Waals surface area contributed by atoms with Crippen molar-refractivity contribution in [3.05, 3.63) is 22.5 Å². The third kappa shape index (κ3) is 2.12.